The molecule has 0 saturated carbocycles. The Morgan fingerprint density at radius 2 is 2.31 bits per heavy atom. The first-order chi connectivity index (χ1) is 6.09. The molecule has 1 N–H and O–H groups in total. The van der Waals surface area contributed by atoms with E-state index in [2.05, 4.69) is 19.0 Å². The van der Waals surface area contributed by atoms with E-state index in [-0.39, 0.29) is 0 Å². The van der Waals surface area contributed by atoms with E-state index in [1.165, 1.54) is 6.08 Å². The van der Waals surface area contributed by atoms with Crippen LogP contribution < -0.4 is 0 Å². The minimum absolute atomic E-state index is 0.554. The average molecular weight is 184 g/mol. The summed E-state index contributed by atoms with van der Waals surface area (Å²) in [6.45, 7) is 1.88. The third-order valence-electron chi connectivity index (χ3n) is 2.35. The van der Waals surface area contributed by atoms with Gasteiger partial charge in [0.05, 0.1) is 0 Å². The summed E-state index contributed by atoms with van der Waals surface area (Å²) < 4.78 is 0. The molecule has 1 heterocycles. The lowest BCUT2D eigenvalue weighted by atomic mass is 10.2. The van der Waals surface area contributed by atoms with Gasteiger partial charge in [0.25, 0.3) is 0 Å². The van der Waals surface area contributed by atoms with Crippen molar-refractivity contribution in [1.82, 2.24) is 9.80 Å². The lowest BCUT2D eigenvalue weighted by Crippen LogP contribution is -2.29. The van der Waals surface area contributed by atoms with Crippen LogP contribution in [0.2, 0.25) is 0 Å². The van der Waals surface area contributed by atoms with Crippen LogP contribution in [-0.2, 0) is 4.79 Å². The van der Waals surface area contributed by atoms with E-state index in [1.807, 2.05) is 4.90 Å². The number of likely N-dealkylation sites (N-methyl/N-ethyl adjacent to an activating group) is 1. The van der Waals surface area contributed by atoms with Gasteiger partial charge in [-0.25, -0.2) is 4.79 Å². The molecular formula is C9H16N2O2. The van der Waals surface area contributed by atoms with Crippen LogP contribution in [0.1, 0.15) is 6.42 Å². The first kappa shape index (κ1) is 10.1. The maximum atomic E-state index is 10.2. The van der Waals surface area contributed by atoms with E-state index in [9.17, 15) is 4.79 Å². The molecule has 1 aliphatic rings. The quantitative estimate of drug-likeness (QED) is 0.637. The van der Waals surface area contributed by atoms with E-state index in [0.29, 0.717) is 6.04 Å². The summed E-state index contributed by atoms with van der Waals surface area (Å²) in [5, 5.41) is 8.43. The van der Waals surface area contributed by atoms with Crippen molar-refractivity contribution in [2.45, 2.75) is 12.5 Å². The zero-order valence-corrected chi connectivity index (χ0v) is 8.10. The molecule has 74 valence electrons. The average Bonchev–Trinajstić information content (AvgIpc) is 2.48. The maximum Gasteiger partial charge on any atom is 0.329 e. The van der Waals surface area contributed by atoms with Crippen LogP contribution in [0, 0.1) is 0 Å². The summed E-state index contributed by atoms with van der Waals surface area (Å²) in [5.74, 6) is -0.881. The number of carboxylic acids is 1. The van der Waals surface area contributed by atoms with E-state index in [1.54, 1.807) is 6.20 Å². The van der Waals surface area contributed by atoms with Crippen LogP contribution in [0.15, 0.2) is 12.3 Å². The van der Waals surface area contributed by atoms with Crippen LogP contribution in [-0.4, -0.2) is 54.1 Å². The van der Waals surface area contributed by atoms with Crippen LogP contribution in [0.25, 0.3) is 0 Å². The minimum atomic E-state index is -0.881. The summed E-state index contributed by atoms with van der Waals surface area (Å²) in [4.78, 5) is 14.5. The molecule has 0 spiro atoms. The van der Waals surface area contributed by atoms with Gasteiger partial charge in [-0.15, -0.1) is 0 Å². The molecule has 4 heteroatoms. The molecule has 1 rings (SSSR count). The highest BCUT2D eigenvalue weighted by molar-refractivity contribution is 5.79. The fourth-order valence-electron chi connectivity index (χ4n) is 1.49. The fourth-order valence-corrected chi connectivity index (χ4v) is 1.49. The third-order valence-corrected chi connectivity index (χ3v) is 2.35. The number of likely N-dealkylation sites (tertiary alicyclic amines) is 1. The summed E-state index contributed by atoms with van der Waals surface area (Å²) in [6, 6.07) is 0.554. The lowest BCUT2D eigenvalue weighted by Gasteiger charge is -2.18. The molecule has 13 heavy (non-hydrogen) atoms. The Morgan fingerprint density at radius 1 is 1.62 bits per heavy atom. The summed E-state index contributed by atoms with van der Waals surface area (Å²) in [7, 11) is 4.10. The molecule has 4 nitrogen and oxygen atoms in total. The zero-order chi connectivity index (χ0) is 9.84. The Morgan fingerprint density at radius 3 is 2.77 bits per heavy atom. The van der Waals surface area contributed by atoms with E-state index < -0.39 is 5.97 Å². The number of hydrogen-bond donors (Lipinski definition) is 1. The normalized spacial score (nSPS) is 23.3. The van der Waals surface area contributed by atoms with Crippen molar-refractivity contribution < 1.29 is 9.90 Å². The Kier molecular flexibility index (Phi) is 3.31. The van der Waals surface area contributed by atoms with Crippen molar-refractivity contribution in [1.29, 1.82) is 0 Å². The first-order valence-electron chi connectivity index (χ1n) is 4.41. The Balaban J connectivity index is 2.37. The van der Waals surface area contributed by atoms with Gasteiger partial charge in [-0.3, -0.25) is 0 Å². The van der Waals surface area contributed by atoms with Crippen LogP contribution in [0.3, 0.4) is 0 Å². The van der Waals surface area contributed by atoms with Gasteiger partial charge in [0, 0.05) is 31.4 Å². The van der Waals surface area contributed by atoms with Crippen molar-refractivity contribution in [3.05, 3.63) is 12.3 Å². The predicted octanol–water partition coefficient (Wildman–Crippen LogP) is 0.221. The van der Waals surface area contributed by atoms with Crippen molar-refractivity contribution in [3.8, 4) is 0 Å². The van der Waals surface area contributed by atoms with Crippen molar-refractivity contribution in [2.24, 2.45) is 0 Å². The number of aliphatic carboxylic acids is 1. The number of nitrogens with zero attached hydrogens (tertiary/aromatic N) is 2. The molecule has 1 unspecified atom stereocenters. The molecule has 0 amide bonds. The number of carboxylic acid groups (broad SMARTS) is 1. The largest absolute Gasteiger partial charge is 0.478 e. The summed E-state index contributed by atoms with van der Waals surface area (Å²) >= 11 is 0. The first-order valence-corrected chi connectivity index (χ1v) is 4.41. The van der Waals surface area contributed by atoms with E-state index in [0.717, 1.165) is 19.5 Å². The second kappa shape index (κ2) is 4.28. The van der Waals surface area contributed by atoms with Crippen molar-refractivity contribution in [2.75, 3.05) is 27.2 Å². The van der Waals surface area contributed by atoms with E-state index >= 15 is 0 Å². The molecular weight excluding hydrogens is 168 g/mol. The molecule has 1 saturated heterocycles. The van der Waals surface area contributed by atoms with Crippen molar-refractivity contribution >= 4 is 5.97 Å². The Labute approximate surface area is 78.4 Å². The van der Waals surface area contributed by atoms with Crippen molar-refractivity contribution in [3.63, 3.8) is 0 Å². The van der Waals surface area contributed by atoms with Crippen LogP contribution in [0.5, 0.6) is 0 Å². The molecule has 0 aliphatic carbocycles. The number of hydrogen-bond acceptors (Lipinski definition) is 3. The van der Waals surface area contributed by atoms with Gasteiger partial charge in [-0.05, 0) is 20.5 Å². The van der Waals surface area contributed by atoms with Crippen LogP contribution >= 0.6 is 0 Å². The van der Waals surface area contributed by atoms with Crippen LogP contribution in [0.4, 0.5) is 0 Å². The highest BCUT2D eigenvalue weighted by Crippen LogP contribution is 2.12. The maximum absolute atomic E-state index is 10.2. The third kappa shape index (κ3) is 3.06. The lowest BCUT2D eigenvalue weighted by molar-refractivity contribution is -0.131. The summed E-state index contributed by atoms with van der Waals surface area (Å²) in [6.07, 6.45) is 3.96. The minimum Gasteiger partial charge on any atom is -0.478 e. The Bertz CT molecular complexity index is 214. The topological polar surface area (TPSA) is 43.8 Å². The van der Waals surface area contributed by atoms with Gasteiger partial charge in [0.15, 0.2) is 0 Å². The van der Waals surface area contributed by atoms with Gasteiger partial charge >= 0.3 is 5.97 Å². The highest BCUT2D eigenvalue weighted by Gasteiger charge is 2.21. The molecule has 0 aromatic rings. The molecule has 1 aliphatic heterocycles. The monoisotopic (exact) mass is 184 g/mol. The molecule has 0 radical (unpaired) electrons. The Hall–Kier alpha value is -1.03. The molecule has 0 aromatic heterocycles. The van der Waals surface area contributed by atoms with Gasteiger partial charge in [-0.2, -0.15) is 0 Å². The molecule has 1 fully saturated rings. The van der Waals surface area contributed by atoms with Gasteiger partial charge < -0.3 is 14.9 Å². The fraction of sp³-hybridized carbons (Fsp3) is 0.667. The standard InChI is InChI=1S/C9H16N2O2/c1-10(2)8-3-5-11(7-8)6-4-9(12)13/h4,6,8H,3,5,7H2,1-2H3,(H,12,13). The van der Waals surface area contributed by atoms with Gasteiger partial charge in [-0.1, -0.05) is 0 Å². The number of rotatable bonds is 3. The van der Waals surface area contributed by atoms with Gasteiger partial charge in [0.1, 0.15) is 0 Å². The number of carbonyl (C=O) groups is 1. The van der Waals surface area contributed by atoms with E-state index in [4.69, 9.17) is 5.11 Å². The second-order valence-corrected chi connectivity index (χ2v) is 3.56. The smallest absolute Gasteiger partial charge is 0.329 e. The molecule has 1 atom stereocenters. The molecule has 0 bridgehead atoms. The molecule has 0 aromatic carbocycles. The SMILES string of the molecule is CN(C)C1CCN(C=CC(=O)O)C1. The predicted molar refractivity (Wildman–Crippen MR) is 50.4 cm³/mol. The zero-order valence-electron chi connectivity index (χ0n) is 8.10. The van der Waals surface area contributed by atoms with Gasteiger partial charge in [0.2, 0.25) is 0 Å². The summed E-state index contributed by atoms with van der Waals surface area (Å²) in [5.41, 5.74) is 0. The second-order valence-electron chi connectivity index (χ2n) is 3.56. The highest BCUT2D eigenvalue weighted by atomic mass is 16.4.